The molecule has 1 aliphatic rings. The van der Waals surface area contributed by atoms with E-state index in [1.807, 2.05) is 29.1 Å². The maximum Gasteiger partial charge on any atom is 0.255 e. The monoisotopic (exact) mass is 476 g/mol. The summed E-state index contributed by atoms with van der Waals surface area (Å²) in [5, 5.41) is 18.1. The van der Waals surface area contributed by atoms with E-state index in [0.29, 0.717) is 17.9 Å². The number of nitrogens with zero attached hydrogens (tertiary/aromatic N) is 7. The summed E-state index contributed by atoms with van der Waals surface area (Å²) in [6.45, 7) is 5.02. The van der Waals surface area contributed by atoms with Crippen molar-refractivity contribution >= 4 is 17.2 Å². The Balaban J connectivity index is 1.48. The summed E-state index contributed by atoms with van der Waals surface area (Å²) in [4.78, 5) is 23.9. The number of hydrogen-bond donors (Lipinski definition) is 1. The standard InChI is InChI=1S/C24H28N8OS/c1-3-4-9-19-17(23(33)28-18-8-5-6-11-31-15-26-30-22(18)31)14-27-32(19)24-25-13-16(2)21(29-24)20-10-7-12-34-20/h7,10,12-15,18H,3-6,8-9,11H2,1-2H3,(H,28,33). The van der Waals surface area contributed by atoms with E-state index in [9.17, 15) is 4.79 Å². The number of amides is 1. The predicted octanol–water partition coefficient (Wildman–Crippen LogP) is 4.29. The molecule has 9 nitrogen and oxygen atoms in total. The number of aryl methyl sites for hydroxylation is 2. The molecule has 0 aromatic carbocycles. The molecule has 1 N–H and O–H groups in total. The summed E-state index contributed by atoms with van der Waals surface area (Å²) in [6.07, 6.45) is 10.8. The van der Waals surface area contributed by atoms with Gasteiger partial charge in [0.05, 0.1) is 34.1 Å². The second kappa shape index (κ2) is 9.84. The molecule has 5 heterocycles. The van der Waals surface area contributed by atoms with E-state index >= 15 is 0 Å². The van der Waals surface area contributed by atoms with Gasteiger partial charge in [-0.1, -0.05) is 19.4 Å². The molecule has 0 bridgehead atoms. The van der Waals surface area contributed by atoms with Crippen molar-refractivity contribution in [2.45, 2.75) is 65.0 Å². The van der Waals surface area contributed by atoms with E-state index in [1.165, 1.54) is 0 Å². The molecule has 1 atom stereocenters. The molecule has 1 amide bonds. The van der Waals surface area contributed by atoms with Crippen molar-refractivity contribution in [3.05, 3.63) is 58.9 Å². The first-order valence-electron chi connectivity index (χ1n) is 11.8. The Labute approximate surface area is 202 Å². The largest absolute Gasteiger partial charge is 0.342 e. The maximum atomic E-state index is 13.4. The number of carbonyl (C=O) groups excluding carboxylic acids is 1. The van der Waals surface area contributed by atoms with Crippen LogP contribution in [0.15, 0.2) is 36.2 Å². The van der Waals surface area contributed by atoms with Gasteiger partial charge in [0.2, 0.25) is 0 Å². The van der Waals surface area contributed by atoms with Crippen molar-refractivity contribution < 1.29 is 4.79 Å². The third kappa shape index (κ3) is 4.37. The molecular formula is C24H28N8OS. The quantitative estimate of drug-likeness (QED) is 0.427. The minimum Gasteiger partial charge on any atom is -0.342 e. The smallest absolute Gasteiger partial charge is 0.255 e. The molecule has 0 saturated heterocycles. The minimum absolute atomic E-state index is 0.149. The summed E-state index contributed by atoms with van der Waals surface area (Å²) >= 11 is 1.64. The van der Waals surface area contributed by atoms with E-state index in [0.717, 1.165) is 66.3 Å². The third-order valence-electron chi connectivity index (χ3n) is 6.19. The molecule has 4 aromatic rings. The summed E-state index contributed by atoms with van der Waals surface area (Å²) in [5.41, 5.74) is 3.28. The third-order valence-corrected chi connectivity index (χ3v) is 7.06. The highest BCUT2D eigenvalue weighted by molar-refractivity contribution is 7.13. The van der Waals surface area contributed by atoms with Gasteiger partial charge in [0.1, 0.15) is 6.33 Å². The SMILES string of the molecule is CCCCc1c(C(=O)NC2CCCCn3cnnc32)cnn1-c1ncc(C)c(-c2cccs2)n1. The van der Waals surface area contributed by atoms with Crippen molar-refractivity contribution in [2.24, 2.45) is 0 Å². The minimum atomic E-state index is -0.166. The topological polar surface area (TPSA) is 103 Å². The highest BCUT2D eigenvalue weighted by Crippen LogP contribution is 2.27. The van der Waals surface area contributed by atoms with Crippen LogP contribution in [0.2, 0.25) is 0 Å². The molecular weight excluding hydrogens is 448 g/mol. The van der Waals surface area contributed by atoms with Crippen LogP contribution in [0.4, 0.5) is 0 Å². The van der Waals surface area contributed by atoms with Gasteiger partial charge in [0, 0.05) is 12.7 Å². The van der Waals surface area contributed by atoms with E-state index < -0.39 is 0 Å². The van der Waals surface area contributed by atoms with Crippen molar-refractivity contribution in [3.63, 3.8) is 0 Å². The average molecular weight is 477 g/mol. The van der Waals surface area contributed by atoms with E-state index in [1.54, 1.807) is 28.5 Å². The van der Waals surface area contributed by atoms with E-state index in [2.05, 4.69) is 38.6 Å². The maximum absolute atomic E-state index is 13.4. The Bertz CT molecular complexity index is 1280. The fourth-order valence-electron chi connectivity index (χ4n) is 4.36. The lowest BCUT2D eigenvalue weighted by molar-refractivity contribution is 0.0931. The second-order valence-corrected chi connectivity index (χ2v) is 9.55. The van der Waals surface area contributed by atoms with Crippen LogP contribution >= 0.6 is 11.3 Å². The van der Waals surface area contributed by atoms with Crippen molar-refractivity contribution in [3.8, 4) is 16.5 Å². The Hall–Kier alpha value is -3.40. The van der Waals surface area contributed by atoms with E-state index in [4.69, 9.17) is 4.98 Å². The molecule has 10 heteroatoms. The molecule has 0 saturated carbocycles. The summed E-state index contributed by atoms with van der Waals surface area (Å²) in [7, 11) is 0. The van der Waals surface area contributed by atoms with E-state index in [-0.39, 0.29) is 11.9 Å². The molecule has 5 rings (SSSR count). The first-order chi connectivity index (χ1) is 16.7. The van der Waals surface area contributed by atoms with Crippen molar-refractivity contribution in [2.75, 3.05) is 0 Å². The average Bonchev–Trinajstić information content (AvgIpc) is 3.59. The Morgan fingerprint density at radius 3 is 3.03 bits per heavy atom. The van der Waals surface area contributed by atoms with Crippen LogP contribution in [0.1, 0.15) is 72.5 Å². The van der Waals surface area contributed by atoms with Gasteiger partial charge in [-0.3, -0.25) is 4.79 Å². The van der Waals surface area contributed by atoms with Gasteiger partial charge in [-0.25, -0.2) is 14.6 Å². The first-order valence-corrected chi connectivity index (χ1v) is 12.7. The predicted molar refractivity (Wildman–Crippen MR) is 130 cm³/mol. The summed E-state index contributed by atoms with van der Waals surface area (Å²) in [6, 6.07) is 3.90. The fraction of sp³-hybridized carbons (Fsp3) is 0.417. The van der Waals surface area contributed by atoms with Crippen molar-refractivity contribution in [1.82, 2.24) is 39.8 Å². The number of hydrogen-bond acceptors (Lipinski definition) is 7. The molecule has 34 heavy (non-hydrogen) atoms. The second-order valence-electron chi connectivity index (χ2n) is 8.60. The normalized spacial score (nSPS) is 15.6. The van der Waals surface area contributed by atoms with Crippen LogP contribution in [0, 0.1) is 6.92 Å². The number of thiophene rings is 1. The highest BCUT2D eigenvalue weighted by atomic mass is 32.1. The first kappa shape index (κ1) is 22.4. The van der Waals surface area contributed by atoms with Crippen LogP contribution in [-0.2, 0) is 13.0 Å². The van der Waals surface area contributed by atoms with Gasteiger partial charge in [-0.05, 0) is 56.0 Å². The number of nitrogens with one attached hydrogen (secondary N) is 1. The molecule has 0 radical (unpaired) electrons. The number of carbonyl (C=O) groups is 1. The van der Waals surface area contributed by atoms with Gasteiger partial charge < -0.3 is 9.88 Å². The van der Waals surface area contributed by atoms with Gasteiger partial charge >= 0.3 is 0 Å². The van der Waals surface area contributed by atoms with Crippen molar-refractivity contribution in [1.29, 1.82) is 0 Å². The Kier molecular flexibility index (Phi) is 6.48. The molecule has 1 aliphatic heterocycles. The highest BCUT2D eigenvalue weighted by Gasteiger charge is 2.26. The van der Waals surface area contributed by atoms with Crippen LogP contribution in [0.25, 0.3) is 16.5 Å². The number of fused-ring (bicyclic) bond motifs is 1. The van der Waals surface area contributed by atoms with Gasteiger partial charge in [0.15, 0.2) is 5.82 Å². The Morgan fingerprint density at radius 2 is 2.21 bits per heavy atom. The summed E-state index contributed by atoms with van der Waals surface area (Å²) in [5.74, 6) is 1.15. The van der Waals surface area contributed by atoms with Crippen LogP contribution in [0.5, 0.6) is 0 Å². The molecule has 176 valence electrons. The van der Waals surface area contributed by atoms with Crippen LogP contribution in [-0.4, -0.2) is 40.4 Å². The lowest BCUT2D eigenvalue weighted by atomic mass is 10.1. The number of unbranched alkanes of at least 4 members (excludes halogenated alkanes) is 1. The van der Waals surface area contributed by atoms with Gasteiger partial charge in [0.25, 0.3) is 11.9 Å². The zero-order valence-corrected chi connectivity index (χ0v) is 20.3. The van der Waals surface area contributed by atoms with Gasteiger partial charge in [-0.2, -0.15) is 5.10 Å². The number of rotatable bonds is 7. The molecule has 4 aromatic heterocycles. The lowest BCUT2D eigenvalue weighted by Crippen LogP contribution is -2.30. The summed E-state index contributed by atoms with van der Waals surface area (Å²) < 4.78 is 3.75. The van der Waals surface area contributed by atoms with Crippen LogP contribution in [0.3, 0.4) is 0 Å². The molecule has 1 unspecified atom stereocenters. The number of aromatic nitrogens is 7. The Morgan fingerprint density at radius 1 is 1.29 bits per heavy atom. The van der Waals surface area contributed by atoms with Crippen LogP contribution < -0.4 is 5.32 Å². The molecule has 0 fully saturated rings. The zero-order valence-electron chi connectivity index (χ0n) is 19.4. The fourth-order valence-corrected chi connectivity index (χ4v) is 5.14. The molecule has 0 aliphatic carbocycles. The lowest BCUT2D eigenvalue weighted by Gasteiger charge is -2.16. The van der Waals surface area contributed by atoms with Gasteiger partial charge in [-0.15, -0.1) is 21.5 Å². The zero-order chi connectivity index (χ0) is 23.5. The molecule has 0 spiro atoms.